The van der Waals surface area contributed by atoms with Crippen molar-refractivity contribution in [1.29, 1.82) is 10.5 Å². The van der Waals surface area contributed by atoms with Crippen LogP contribution in [0.5, 0.6) is 0 Å². The Morgan fingerprint density at radius 1 is 1.28 bits per heavy atom. The first kappa shape index (κ1) is 27.0. The van der Waals surface area contributed by atoms with Crippen LogP contribution in [0.25, 0.3) is 22.3 Å². The van der Waals surface area contributed by atoms with E-state index >= 15 is 0 Å². The Bertz CT molecular complexity index is 1570. The van der Waals surface area contributed by atoms with Crippen LogP contribution in [0.3, 0.4) is 0 Å². The SMILES string of the molecule is Cc1cnc(N2CC[C@H]([C@H](CC#N)n3cc(-c4ncnc5[nH]ccc45)cn3)C2)c(C#N)n1.O=C(O)C(F)(F)F. The smallest absolute Gasteiger partial charge is 0.475 e. The Morgan fingerprint density at radius 2 is 2.05 bits per heavy atom. The molecule has 1 aliphatic heterocycles. The molecule has 0 saturated carbocycles. The number of aromatic nitrogens is 7. The molecule has 15 heteroatoms. The van der Waals surface area contributed by atoms with Gasteiger partial charge in [-0.25, -0.2) is 24.7 Å². The summed E-state index contributed by atoms with van der Waals surface area (Å²) in [5.41, 5.74) is 3.51. The molecule has 0 aromatic carbocycles. The van der Waals surface area contributed by atoms with E-state index < -0.39 is 12.1 Å². The molecule has 39 heavy (non-hydrogen) atoms. The Morgan fingerprint density at radius 3 is 2.74 bits per heavy atom. The molecule has 0 radical (unpaired) electrons. The largest absolute Gasteiger partial charge is 0.490 e. The zero-order chi connectivity index (χ0) is 28.2. The number of nitrogens with one attached hydrogen (secondary N) is 1. The van der Waals surface area contributed by atoms with Gasteiger partial charge in [0, 0.05) is 42.4 Å². The van der Waals surface area contributed by atoms with Crippen LogP contribution in [0.15, 0.2) is 37.2 Å². The number of anilines is 1. The van der Waals surface area contributed by atoms with E-state index in [-0.39, 0.29) is 12.0 Å². The minimum absolute atomic E-state index is 0.0914. The first-order valence-corrected chi connectivity index (χ1v) is 11.6. The van der Waals surface area contributed by atoms with Crippen molar-refractivity contribution in [3.05, 3.63) is 48.6 Å². The van der Waals surface area contributed by atoms with Gasteiger partial charge in [0.2, 0.25) is 0 Å². The lowest BCUT2D eigenvalue weighted by Crippen LogP contribution is -2.26. The number of aryl methyl sites for hydroxylation is 1. The van der Waals surface area contributed by atoms with Gasteiger partial charge in [-0.1, -0.05) is 0 Å². The summed E-state index contributed by atoms with van der Waals surface area (Å²) in [6, 6.07) is 6.31. The van der Waals surface area contributed by atoms with Crippen molar-refractivity contribution >= 4 is 22.8 Å². The number of hydrogen-bond donors (Lipinski definition) is 2. The van der Waals surface area contributed by atoms with Crippen LogP contribution in [0.4, 0.5) is 19.0 Å². The molecule has 0 bridgehead atoms. The van der Waals surface area contributed by atoms with Gasteiger partial charge in [-0.05, 0) is 19.4 Å². The van der Waals surface area contributed by atoms with Gasteiger partial charge in [0.15, 0.2) is 11.5 Å². The number of aromatic amines is 1. The minimum atomic E-state index is -5.08. The van der Waals surface area contributed by atoms with E-state index in [2.05, 4.69) is 47.1 Å². The molecule has 200 valence electrons. The van der Waals surface area contributed by atoms with Crippen molar-refractivity contribution in [2.24, 2.45) is 5.92 Å². The Labute approximate surface area is 219 Å². The van der Waals surface area contributed by atoms with Crippen molar-refractivity contribution in [3.8, 4) is 23.4 Å². The molecule has 1 fully saturated rings. The van der Waals surface area contributed by atoms with E-state index in [1.807, 2.05) is 30.1 Å². The van der Waals surface area contributed by atoms with Gasteiger partial charge in [-0.2, -0.15) is 28.8 Å². The minimum Gasteiger partial charge on any atom is -0.475 e. The van der Waals surface area contributed by atoms with E-state index in [0.717, 1.165) is 35.3 Å². The molecule has 2 N–H and O–H groups in total. The standard InChI is InChI=1S/C22H20N10.C2HF3O2/c1-14-9-26-22(18(8-24)30-14)31-7-4-15(11-31)19(2-5-23)32-12-16(10-29-32)20-17-3-6-25-21(17)28-13-27-20;3-2(4,5)1(6)7/h3,6,9-10,12-13,15,19H,2,4,7,11H2,1H3,(H,25,27,28);(H,6,7)/t15-,19-;/m0./s1. The number of aliphatic carboxylic acids is 1. The highest BCUT2D eigenvalue weighted by molar-refractivity contribution is 5.90. The van der Waals surface area contributed by atoms with Crippen molar-refractivity contribution in [1.82, 2.24) is 34.7 Å². The number of rotatable bonds is 5. The third kappa shape index (κ3) is 5.93. The van der Waals surface area contributed by atoms with E-state index in [1.165, 1.54) is 6.33 Å². The van der Waals surface area contributed by atoms with Crippen LogP contribution in [0.1, 0.15) is 30.3 Å². The second-order valence-electron chi connectivity index (χ2n) is 8.69. The van der Waals surface area contributed by atoms with Gasteiger partial charge in [0.25, 0.3) is 0 Å². The summed E-state index contributed by atoms with van der Waals surface area (Å²) in [6.45, 7) is 3.26. The summed E-state index contributed by atoms with van der Waals surface area (Å²) in [4.78, 5) is 31.5. The van der Waals surface area contributed by atoms with Crippen LogP contribution >= 0.6 is 0 Å². The molecule has 0 spiro atoms. The summed E-state index contributed by atoms with van der Waals surface area (Å²) < 4.78 is 33.6. The number of alkyl halides is 3. The first-order valence-electron chi connectivity index (χ1n) is 11.6. The highest BCUT2D eigenvalue weighted by atomic mass is 19.4. The van der Waals surface area contributed by atoms with E-state index in [0.29, 0.717) is 30.2 Å². The van der Waals surface area contributed by atoms with Crippen LogP contribution in [0, 0.1) is 35.5 Å². The molecule has 0 aliphatic carbocycles. The summed E-state index contributed by atoms with van der Waals surface area (Å²) in [7, 11) is 0. The van der Waals surface area contributed by atoms with Crippen molar-refractivity contribution in [3.63, 3.8) is 0 Å². The molecule has 4 aromatic rings. The van der Waals surface area contributed by atoms with E-state index in [4.69, 9.17) is 9.90 Å². The molecular weight excluding hydrogens is 517 g/mol. The fourth-order valence-electron chi connectivity index (χ4n) is 4.38. The van der Waals surface area contributed by atoms with Gasteiger partial charge >= 0.3 is 12.1 Å². The average molecular weight is 538 g/mol. The van der Waals surface area contributed by atoms with Crippen molar-refractivity contribution in [2.75, 3.05) is 18.0 Å². The van der Waals surface area contributed by atoms with Gasteiger partial charge in [-0.15, -0.1) is 0 Å². The number of fused-ring (bicyclic) bond motifs is 1. The Balaban J connectivity index is 0.000000448. The van der Waals surface area contributed by atoms with Crippen LogP contribution in [-0.2, 0) is 4.79 Å². The number of H-pyrrole nitrogens is 1. The number of halogens is 3. The lowest BCUT2D eigenvalue weighted by Gasteiger charge is -2.23. The molecule has 2 atom stereocenters. The molecule has 5 rings (SSSR count). The average Bonchev–Trinajstić information content (AvgIpc) is 3.68. The zero-order valence-electron chi connectivity index (χ0n) is 20.5. The maximum Gasteiger partial charge on any atom is 0.490 e. The third-order valence-electron chi connectivity index (χ3n) is 6.16. The number of carboxylic acid groups (broad SMARTS) is 1. The highest BCUT2D eigenvalue weighted by Crippen LogP contribution is 2.34. The quantitative estimate of drug-likeness (QED) is 0.383. The fraction of sp³-hybridized carbons (Fsp3) is 0.333. The predicted octanol–water partition coefficient (Wildman–Crippen LogP) is 3.41. The summed E-state index contributed by atoms with van der Waals surface area (Å²) in [6.07, 6.45) is 4.91. The normalized spacial score (nSPS) is 15.7. The second kappa shape index (κ2) is 11.1. The number of hydrogen-bond acceptors (Lipinski definition) is 9. The van der Waals surface area contributed by atoms with Gasteiger partial charge in [0.05, 0.1) is 42.3 Å². The van der Waals surface area contributed by atoms with E-state index in [9.17, 15) is 23.7 Å². The van der Waals surface area contributed by atoms with Gasteiger partial charge < -0.3 is 15.0 Å². The molecule has 1 saturated heterocycles. The molecule has 5 heterocycles. The highest BCUT2D eigenvalue weighted by Gasteiger charge is 2.38. The third-order valence-corrected chi connectivity index (χ3v) is 6.16. The maximum atomic E-state index is 10.6. The monoisotopic (exact) mass is 538 g/mol. The topological polar surface area (TPSA) is 173 Å². The lowest BCUT2D eigenvalue weighted by atomic mass is 9.96. The molecular formula is C24H21F3N10O2. The zero-order valence-corrected chi connectivity index (χ0v) is 20.5. The Hall–Kier alpha value is -5.05. The molecule has 4 aromatic heterocycles. The van der Waals surface area contributed by atoms with Crippen molar-refractivity contribution < 1.29 is 23.1 Å². The second-order valence-corrected chi connectivity index (χ2v) is 8.69. The number of nitrogens with zero attached hydrogens (tertiary/aromatic N) is 9. The maximum absolute atomic E-state index is 10.6. The van der Waals surface area contributed by atoms with Crippen LogP contribution in [-0.4, -0.2) is 65.0 Å². The molecule has 1 aliphatic rings. The van der Waals surface area contributed by atoms with Crippen molar-refractivity contribution in [2.45, 2.75) is 32.0 Å². The fourth-order valence-corrected chi connectivity index (χ4v) is 4.38. The van der Waals surface area contributed by atoms with E-state index in [1.54, 1.807) is 12.4 Å². The van der Waals surface area contributed by atoms with Crippen LogP contribution in [0.2, 0.25) is 0 Å². The number of carboxylic acids is 1. The molecule has 0 amide bonds. The van der Waals surface area contributed by atoms with Gasteiger partial charge in [0.1, 0.15) is 18.0 Å². The predicted molar refractivity (Wildman–Crippen MR) is 130 cm³/mol. The molecule has 0 unspecified atom stereocenters. The number of nitriles is 2. The van der Waals surface area contributed by atoms with Gasteiger partial charge in [-0.3, -0.25) is 4.68 Å². The summed E-state index contributed by atoms with van der Waals surface area (Å²) >= 11 is 0. The Kier molecular flexibility index (Phi) is 7.71. The lowest BCUT2D eigenvalue weighted by molar-refractivity contribution is -0.192. The van der Waals surface area contributed by atoms with Crippen LogP contribution < -0.4 is 4.90 Å². The summed E-state index contributed by atoms with van der Waals surface area (Å²) in [5, 5.41) is 31.6. The molecule has 12 nitrogen and oxygen atoms in total. The number of carbonyl (C=O) groups is 1. The summed E-state index contributed by atoms with van der Waals surface area (Å²) in [5.74, 6) is -1.96. The first-order chi connectivity index (χ1) is 18.6.